The smallest absolute Gasteiger partial charge is 0.306 e. The minimum atomic E-state index is -0.522. The minimum Gasteiger partial charge on any atom is -0.494 e. The van der Waals surface area contributed by atoms with E-state index in [0.29, 0.717) is 24.4 Å². The number of benzene rings is 2. The lowest BCUT2D eigenvalue weighted by Crippen LogP contribution is -2.21. The van der Waals surface area contributed by atoms with Gasteiger partial charge in [0.2, 0.25) is 5.91 Å². The highest BCUT2D eigenvalue weighted by Crippen LogP contribution is 2.20. The van der Waals surface area contributed by atoms with Gasteiger partial charge in [0.15, 0.2) is 6.61 Å². The highest BCUT2D eigenvalue weighted by molar-refractivity contribution is 9.10. The summed E-state index contributed by atoms with van der Waals surface area (Å²) in [5, 5.41) is 5.43. The van der Waals surface area contributed by atoms with Crippen molar-refractivity contribution >= 4 is 45.1 Å². The molecule has 0 aliphatic rings. The monoisotopic (exact) mass is 476 g/mol. The van der Waals surface area contributed by atoms with Crippen molar-refractivity contribution in [1.82, 2.24) is 0 Å². The molecule has 0 radical (unpaired) electrons. The molecule has 0 aliphatic heterocycles. The maximum absolute atomic E-state index is 12.0. The zero-order valence-corrected chi connectivity index (χ0v) is 18.6. The van der Waals surface area contributed by atoms with Gasteiger partial charge in [-0.25, -0.2) is 0 Å². The van der Waals surface area contributed by atoms with Gasteiger partial charge in [-0.05, 0) is 68.3 Å². The van der Waals surface area contributed by atoms with E-state index in [4.69, 9.17) is 9.47 Å². The molecule has 2 aromatic rings. The van der Waals surface area contributed by atoms with Crippen LogP contribution in [-0.2, 0) is 19.1 Å². The molecular formula is C22H25BrN2O5. The molecule has 0 spiro atoms. The van der Waals surface area contributed by atoms with Gasteiger partial charge in [0.1, 0.15) is 5.75 Å². The lowest BCUT2D eigenvalue weighted by atomic mass is 10.2. The van der Waals surface area contributed by atoms with Crippen molar-refractivity contribution in [3.63, 3.8) is 0 Å². The van der Waals surface area contributed by atoms with Gasteiger partial charge in [0, 0.05) is 28.7 Å². The number of anilines is 2. The lowest BCUT2D eigenvalue weighted by Gasteiger charge is -2.08. The molecule has 2 amide bonds. The maximum Gasteiger partial charge on any atom is 0.306 e. The Hall–Kier alpha value is -2.87. The van der Waals surface area contributed by atoms with Gasteiger partial charge in [-0.3, -0.25) is 14.4 Å². The summed E-state index contributed by atoms with van der Waals surface area (Å²) in [6, 6.07) is 12.4. The van der Waals surface area contributed by atoms with Gasteiger partial charge in [-0.1, -0.05) is 15.9 Å². The Morgan fingerprint density at radius 1 is 0.933 bits per heavy atom. The second-order valence-corrected chi connectivity index (χ2v) is 7.39. The Labute approximate surface area is 184 Å². The highest BCUT2D eigenvalue weighted by Gasteiger charge is 2.10. The Morgan fingerprint density at radius 2 is 1.60 bits per heavy atom. The predicted molar refractivity (Wildman–Crippen MR) is 119 cm³/mol. The fourth-order valence-electron chi connectivity index (χ4n) is 2.56. The third-order valence-corrected chi connectivity index (χ3v) is 4.93. The molecule has 2 aromatic carbocycles. The molecule has 0 unspecified atom stereocenters. The first kappa shape index (κ1) is 23.4. The van der Waals surface area contributed by atoms with E-state index in [2.05, 4.69) is 26.6 Å². The van der Waals surface area contributed by atoms with Crippen molar-refractivity contribution in [2.45, 2.75) is 33.1 Å². The van der Waals surface area contributed by atoms with E-state index in [-0.39, 0.29) is 25.4 Å². The summed E-state index contributed by atoms with van der Waals surface area (Å²) in [4.78, 5) is 35.6. The van der Waals surface area contributed by atoms with E-state index >= 15 is 0 Å². The van der Waals surface area contributed by atoms with Crippen molar-refractivity contribution in [3.05, 3.63) is 52.5 Å². The van der Waals surface area contributed by atoms with Gasteiger partial charge in [0.25, 0.3) is 5.91 Å². The van der Waals surface area contributed by atoms with Crippen LogP contribution in [0.4, 0.5) is 11.4 Å². The second kappa shape index (κ2) is 12.0. The van der Waals surface area contributed by atoms with E-state index in [0.717, 1.165) is 15.8 Å². The van der Waals surface area contributed by atoms with Crippen LogP contribution in [0, 0.1) is 6.92 Å². The summed E-state index contributed by atoms with van der Waals surface area (Å²) >= 11 is 3.39. The van der Waals surface area contributed by atoms with Crippen molar-refractivity contribution < 1.29 is 23.9 Å². The van der Waals surface area contributed by atoms with Crippen LogP contribution in [0.2, 0.25) is 0 Å². The Kier molecular flexibility index (Phi) is 9.34. The number of aryl methyl sites for hydroxylation is 1. The molecule has 0 heterocycles. The molecule has 2 N–H and O–H groups in total. The largest absolute Gasteiger partial charge is 0.494 e. The molecule has 160 valence electrons. The predicted octanol–water partition coefficient (Wildman–Crippen LogP) is 4.45. The molecular weight excluding hydrogens is 452 g/mol. The molecule has 0 fully saturated rings. The Morgan fingerprint density at radius 3 is 2.27 bits per heavy atom. The van der Waals surface area contributed by atoms with Crippen molar-refractivity contribution in [1.29, 1.82) is 0 Å². The average molecular weight is 477 g/mol. The molecule has 8 heteroatoms. The van der Waals surface area contributed by atoms with E-state index in [1.807, 2.05) is 26.0 Å². The normalized spacial score (nSPS) is 10.2. The number of ether oxygens (including phenoxy) is 2. The highest BCUT2D eigenvalue weighted by atomic mass is 79.9. The number of amides is 2. The first-order chi connectivity index (χ1) is 14.4. The quantitative estimate of drug-likeness (QED) is 0.494. The van der Waals surface area contributed by atoms with Gasteiger partial charge in [-0.2, -0.15) is 0 Å². The lowest BCUT2D eigenvalue weighted by molar-refractivity contribution is -0.147. The molecule has 2 rings (SSSR count). The van der Waals surface area contributed by atoms with Crippen LogP contribution in [0.5, 0.6) is 5.75 Å². The van der Waals surface area contributed by atoms with Crippen molar-refractivity contribution in [2.75, 3.05) is 23.8 Å². The molecule has 30 heavy (non-hydrogen) atoms. The maximum atomic E-state index is 12.0. The zero-order chi connectivity index (χ0) is 21.9. The topological polar surface area (TPSA) is 93.7 Å². The first-order valence-electron chi connectivity index (χ1n) is 9.61. The number of nitrogens with one attached hydrogen (secondary N) is 2. The van der Waals surface area contributed by atoms with E-state index in [1.165, 1.54) is 0 Å². The second-order valence-electron chi connectivity index (χ2n) is 6.53. The summed E-state index contributed by atoms with van der Waals surface area (Å²) in [5.74, 6) is -0.405. The number of carbonyl (C=O) groups excluding carboxylic acids is 3. The number of hydrogen-bond acceptors (Lipinski definition) is 5. The van der Waals surface area contributed by atoms with Crippen LogP contribution in [0.1, 0.15) is 31.7 Å². The molecule has 0 saturated carbocycles. The molecule has 0 atom stereocenters. The van der Waals surface area contributed by atoms with Crippen LogP contribution in [0.15, 0.2) is 46.9 Å². The Balaban J connectivity index is 1.63. The summed E-state index contributed by atoms with van der Waals surface area (Å²) in [6.07, 6.45) is 0.559. The Bertz CT molecular complexity index is 884. The fourth-order valence-corrected chi connectivity index (χ4v) is 2.80. The van der Waals surface area contributed by atoms with Crippen molar-refractivity contribution in [3.8, 4) is 5.75 Å². The molecule has 0 saturated heterocycles. The van der Waals surface area contributed by atoms with Crippen LogP contribution >= 0.6 is 15.9 Å². The SMILES string of the molecule is CCOc1ccc(NC(=O)CCCC(=O)OCC(=O)Nc2ccc(Br)c(C)c2)cc1. The van der Waals surface area contributed by atoms with Crippen LogP contribution in [0.3, 0.4) is 0 Å². The average Bonchev–Trinajstić information content (AvgIpc) is 2.71. The zero-order valence-electron chi connectivity index (χ0n) is 17.0. The molecule has 7 nitrogen and oxygen atoms in total. The third-order valence-electron chi connectivity index (χ3n) is 4.04. The summed E-state index contributed by atoms with van der Waals surface area (Å²) in [5.41, 5.74) is 2.27. The summed E-state index contributed by atoms with van der Waals surface area (Å²) in [6.45, 7) is 4.02. The van der Waals surface area contributed by atoms with Crippen LogP contribution in [-0.4, -0.2) is 31.0 Å². The van der Waals surface area contributed by atoms with Gasteiger partial charge >= 0.3 is 5.97 Å². The summed E-state index contributed by atoms with van der Waals surface area (Å²) < 4.78 is 11.2. The number of hydrogen-bond donors (Lipinski definition) is 2. The van der Waals surface area contributed by atoms with Gasteiger partial charge < -0.3 is 20.1 Å². The van der Waals surface area contributed by atoms with Gasteiger partial charge in [-0.15, -0.1) is 0 Å². The summed E-state index contributed by atoms with van der Waals surface area (Å²) in [7, 11) is 0. The van der Waals surface area contributed by atoms with Crippen LogP contribution in [0.25, 0.3) is 0 Å². The van der Waals surface area contributed by atoms with E-state index in [9.17, 15) is 14.4 Å². The number of rotatable bonds is 10. The molecule has 0 aromatic heterocycles. The van der Waals surface area contributed by atoms with E-state index in [1.54, 1.807) is 30.3 Å². The van der Waals surface area contributed by atoms with E-state index < -0.39 is 11.9 Å². The first-order valence-corrected chi connectivity index (χ1v) is 10.4. The fraction of sp³-hybridized carbons (Fsp3) is 0.318. The minimum absolute atomic E-state index is 0.0569. The van der Waals surface area contributed by atoms with Crippen molar-refractivity contribution in [2.24, 2.45) is 0 Å². The number of esters is 1. The van der Waals surface area contributed by atoms with Crippen LogP contribution < -0.4 is 15.4 Å². The number of halogens is 1. The third kappa shape index (κ3) is 8.24. The number of carbonyl (C=O) groups is 3. The molecule has 0 bridgehead atoms. The van der Waals surface area contributed by atoms with Gasteiger partial charge in [0.05, 0.1) is 6.61 Å². The molecule has 0 aliphatic carbocycles. The standard InChI is InChI=1S/C22H25BrN2O5/c1-3-29-18-10-7-16(8-11-18)24-20(26)5-4-6-22(28)30-14-21(27)25-17-9-12-19(23)15(2)13-17/h7-13H,3-6,14H2,1-2H3,(H,24,26)(H,25,27).